The van der Waals surface area contributed by atoms with Crippen LogP contribution >= 0.6 is 46.4 Å². The van der Waals surface area contributed by atoms with Crippen LogP contribution in [0.4, 0.5) is 5.69 Å². The van der Waals surface area contributed by atoms with E-state index < -0.39 is 0 Å². The first-order valence-corrected chi connectivity index (χ1v) is 10.4. The number of rotatable bonds is 9. The van der Waals surface area contributed by atoms with Gasteiger partial charge in [-0.05, 0) is 54.8 Å². The second-order valence-electron chi connectivity index (χ2n) is 6.16. The van der Waals surface area contributed by atoms with Crippen molar-refractivity contribution in [3.05, 3.63) is 68.1 Å². The van der Waals surface area contributed by atoms with E-state index in [1.807, 2.05) is 30.4 Å². The molecule has 0 spiro atoms. The van der Waals surface area contributed by atoms with Crippen LogP contribution in [0.5, 0.6) is 0 Å². The van der Waals surface area contributed by atoms with Gasteiger partial charge in [0.2, 0.25) is 0 Å². The number of allylic oxidation sites excluding steroid dienone is 1. The fourth-order valence-electron chi connectivity index (χ4n) is 2.43. The van der Waals surface area contributed by atoms with Gasteiger partial charge in [0.1, 0.15) is 0 Å². The summed E-state index contributed by atoms with van der Waals surface area (Å²) in [5, 5.41) is 6.73. The minimum atomic E-state index is 0.532. The van der Waals surface area contributed by atoms with E-state index in [0.717, 1.165) is 29.8 Å². The maximum atomic E-state index is 6.20. The van der Waals surface area contributed by atoms with Crippen LogP contribution in [-0.2, 0) is 0 Å². The monoisotopic (exact) mass is 442 g/mol. The number of unbranched alkanes of at least 4 members (excludes halogenated alkanes) is 3. The van der Waals surface area contributed by atoms with E-state index in [0.29, 0.717) is 20.1 Å². The predicted octanol–water partition coefficient (Wildman–Crippen LogP) is 8.75. The molecule has 0 bridgehead atoms. The average Bonchev–Trinajstić information content (AvgIpc) is 2.64. The molecule has 1 N–H and O–H groups in total. The minimum absolute atomic E-state index is 0.532. The molecule has 0 amide bonds. The highest BCUT2D eigenvalue weighted by Gasteiger charge is 2.02. The molecular weight excluding hydrogens is 422 g/mol. The first-order valence-electron chi connectivity index (χ1n) is 8.90. The molecule has 0 saturated carbocycles. The third-order valence-electron chi connectivity index (χ3n) is 3.95. The molecule has 144 valence electrons. The van der Waals surface area contributed by atoms with Gasteiger partial charge in [0.15, 0.2) is 0 Å². The van der Waals surface area contributed by atoms with Crippen molar-refractivity contribution in [2.45, 2.75) is 39.0 Å². The number of anilines is 1. The lowest BCUT2D eigenvalue weighted by molar-refractivity contribution is 0.683. The zero-order valence-corrected chi connectivity index (χ0v) is 18.1. The molecule has 0 unspecified atom stereocenters. The lowest BCUT2D eigenvalue weighted by Gasteiger charge is -2.07. The number of benzene rings is 2. The van der Waals surface area contributed by atoms with Crippen LogP contribution in [-0.4, -0.2) is 5.71 Å². The number of nitrogens with one attached hydrogen (secondary N) is 1. The second kappa shape index (κ2) is 11.6. The molecule has 0 aliphatic heterocycles. The first-order chi connectivity index (χ1) is 13.0. The van der Waals surface area contributed by atoms with Gasteiger partial charge in [0.25, 0.3) is 0 Å². The van der Waals surface area contributed by atoms with Crippen molar-refractivity contribution >= 4 is 63.9 Å². The first kappa shape index (κ1) is 22.1. The highest BCUT2D eigenvalue weighted by molar-refractivity contribution is 6.42. The summed E-state index contributed by atoms with van der Waals surface area (Å²) in [5.74, 6) is 0. The zero-order chi connectivity index (χ0) is 19.6. The summed E-state index contributed by atoms with van der Waals surface area (Å²) in [6.45, 7) is 2.20. The highest BCUT2D eigenvalue weighted by atomic mass is 35.5. The maximum absolute atomic E-state index is 6.20. The van der Waals surface area contributed by atoms with Gasteiger partial charge >= 0.3 is 0 Å². The fraction of sp³-hybridized carbons (Fsp3) is 0.286. The van der Waals surface area contributed by atoms with E-state index in [4.69, 9.17) is 46.4 Å². The number of hydrazone groups is 1. The molecule has 0 aliphatic rings. The van der Waals surface area contributed by atoms with Crippen LogP contribution in [0.1, 0.15) is 44.6 Å². The Hall–Kier alpha value is -1.19. The molecule has 0 aliphatic carbocycles. The Kier molecular flexibility index (Phi) is 9.50. The van der Waals surface area contributed by atoms with Crippen molar-refractivity contribution in [2.75, 3.05) is 5.43 Å². The zero-order valence-electron chi connectivity index (χ0n) is 15.1. The van der Waals surface area contributed by atoms with Crippen molar-refractivity contribution in [1.29, 1.82) is 0 Å². The molecule has 6 heteroatoms. The van der Waals surface area contributed by atoms with Crippen LogP contribution in [0.2, 0.25) is 20.1 Å². The van der Waals surface area contributed by atoms with Gasteiger partial charge in [-0.2, -0.15) is 5.10 Å². The molecular formula is C21H22Cl4N2. The highest BCUT2D eigenvalue weighted by Crippen LogP contribution is 2.26. The van der Waals surface area contributed by atoms with Gasteiger partial charge in [0.05, 0.1) is 26.5 Å². The SMILES string of the molecule is CCCCCCC(C=Cc1ccc(Cl)c(Cl)c1)=NNc1ccc(Cl)cc1Cl. The predicted molar refractivity (Wildman–Crippen MR) is 122 cm³/mol. The molecule has 0 fully saturated rings. The Bertz CT molecular complexity index is 816. The van der Waals surface area contributed by atoms with Crippen molar-refractivity contribution in [2.24, 2.45) is 5.10 Å². The summed E-state index contributed by atoms with van der Waals surface area (Å²) in [6.07, 6.45) is 9.51. The number of halogens is 4. The van der Waals surface area contributed by atoms with Crippen molar-refractivity contribution in [3.63, 3.8) is 0 Å². The van der Waals surface area contributed by atoms with Crippen molar-refractivity contribution < 1.29 is 0 Å². The van der Waals surface area contributed by atoms with Crippen LogP contribution in [0.25, 0.3) is 6.08 Å². The van der Waals surface area contributed by atoms with Crippen LogP contribution in [0.3, 0.4) is 0 Å². The van der Waals surface area contributed by atoms with E-state index in [2.05, 4.69) is 17.5 Å². The summed E-state index contributed by atoms with van der Waals surface area (Å²) >= 11 is 24.2. The Balaban J connectivity index is 2.13. The Morgan fingerprint density at radius 3 is 2.44 bits per heavy atom. The molecule has 0 atom stereocenters. The van der Waals surface area contributed by atoms with Crippen molar-refractivity contribution in [3.8, 4) is 0 Å². The topological polar surface area (TPSA) is 24.4 Å². The molecule has 2 rings (SSSR count). The quantitative estimate of drug-likeness (QED) is 0.233. The third kappa shape index (κ3) is 7.75. The summed E-state index contributed by atoms with van der Waals surface area (Å²) in [5.41, 5.74) is 5.66. The molecule has 2 nitrogen and oxygen atoms in total. The molecule has 2 aromatic carbocycles. The van der Waals surface area contributed by atoms with E-state index in [1.54, 1.807) is 18.2 Å². The molecule has 27 heavy (non-hydrogen) atoms. The summed E-state index contributed by atoms with van der Waals surface area (Å²) in [6, 6.07) is 10.8. The molecule has 0 heterocycles. The van der Waals surface area contributed by atoms with Gasteiger partial charge in [-0.3, -0.25) is 5.43 Å². The Morgan fingerprint density at radius 2 is 1.74 bits per heavy atom. The normalized spacial score (nSPS) is 12.0. The average molecular weight is 444 g/mol. The minimum Gasteiger partial charge on any atom is -0.277 e. The lowest BCUT2D eigenvalue weighted by Crippen LogP contribution is -2.00. The van der Waals surface area contributed by atoms with Gasteiger partial charge in [0, 0.05) is 5.02 Å². The number of hydrogen-bond acceptors (Lipinski definition) is 2. The number of hydrogen-bond donors (Lipinski definition) is 1. The Morgan fingerprint density at radius 1 is 0.926 bits per heavy atom. The Labute approximate surface area is 181 Å². The largest absolute Gasteiger partial charge is 0.277 e. The maximum Gasteiger partial charge on any atom is 0.0749 e. The fourth-order valence-corrected chi connectivity index (χ4v) is 3.19. The summed E-state index contributed by atoms with van der Waals surface area (Å²) in [4.78, 5) is 0. The van der Waals surface area contributed by atoms with Gasteiger partial charge < -0.3 is 0 Å². The van der Waals surface area contributed by atoms with Gasteiger partial charge in [-0.15, -0.1) is 0 Å². The smallest absolute Gasteiger partial charge is 0.0749 e. The van der Waals surface area contributed by atoms with Crippen molar-refractivity contribution in [1.82, 2.24) is 0 Å². The van der Waals surface area contributed by atoms with Crippen LogP contribution in [0, 0.1) is 0 Å². The number of nitrogens with zero attached hydrogens (tertiary/aromatic N) is 1. The van der Waals surface area contributed by atoms with Gasteiger partial charge in [-0.25, -0.2) is 0 Å². The van der Waals surface area contributed by atoms with E-state index in [-0.39, 0.29) is 0 Å². The third-order valence-corrected chi connectivity index (χ3v) is 5.24. The molecule has 0 radical (unpaired) electrons. The summed E-state index contributed by atoms with van der Waals surface area (Å²) in [7, 11) is 0. The van der Waals surface area contributed by atoms with Gasteiger partial charge in [-0.1, -0.05) is 84.7 Å². The molecule has 0 saturated heterocycles. The van der Waals surface area contributed by atoms with Crippen LogP contribution in [0.15, 0.2) is 47.6 Å². The standard InChI is InChI=1S/C21H22Cl4N2/c1-2-3-4-5-6-17(10-7-15-8-11-18(23)19(24)13-15)26-27-21-12-9-16(22)14-20(21)25/h7-14,27H,2-6H2,1H3. The van der Waals surface area contributed by atoms with E-state index in [1.165, 1.54) is 19.3 Å². The summed E-state index contributed by atoms with van der Waals surface area (Å²) < 4.78 is 0. The lowest BCUT2D eigenvalue weighted by atomic mass is 10.1. The van der Waals surface area contributed by atoms with E-state index in [9.17, 15) is 0 Å². The molecule has 0 aromatic heterocycles. The van der Waals surface area contributed by atoms with Crippen LogP contribution < -0.4 is 5.43 Å². The molecule has 2 aromatic rings. The van der Waals surface area contributed by atoms with E-state index >= 15 is 0 Å². The second-order valence-corrected chi connectivity index (χ2v) is 7.81.